The average molecular weight is 644 g/mol. The Bertz CT molecular complexity index is 1670. The van der Waals surface area contributed by atoms with Gasteiger partial charge in [-0.1, -0.05) is 62.9 Å². The highest BCUT2D eigenvalue weighted by atomic mass is 19.4. The number of carbonyl (C=O) groups excluding carboxylic acids is 1. The minimum atomic E-state index is -4.64. The zero-order chi connectivity index (χ0) is 33.4. The molecular formula is C36H40F3N7O. The highest BCUT2D eigenvalue weighted by Crippen LogP contribution is 2.36. The second-order valence-electron chi connectivity index (χ2n) is 11.9. The number of nitrogens with one attached hydrogen (secondary N) is 4. The molecule has 0 saturated carbocycles. The van der Waals surface area contributed by atoms with Crippen LogP contribution in [0.25, 0.3) is 0 Å². The summed E-state index contributed by atoms with van der Waals surface area (Å²) in [5, 5.41) is 12.7. The number of piperidine rings is 1. The molecule has 0 aliphatic carbocycles. The van der Waals surface area contributed by atoms with E-state index in [0.717, 1.165) is 42.4 Å². The number of hydrogen-bond acceptors (Lipinski definition) is 7. The Morgan fingerprint density at radius 1 is 1.02 bits per heavy atom. The molecule has 0 spiro atoms. The van der Waals surface area contributed by atoms with Crippen LogP contribution in [0.3, 0.4) is 0 Å². The van der Waals surface area contributed by atoms with Crippen molar-refractivity contribution in [2.45, 2.75) is 57.9 Å². The first-order valence-electron chi connectivity index (χ1n) is 15.7. The van der Waals surface area contributed by atoms with E-state index in [9.17, 15) is 18.0 Å². The van der Waals surface area contributed by atoms with Crippen molar-refractivity contribution in [2.24, 2.45) is 0 Å². The lowest BCUT2D eigenvalue weighted by molar-refractivity contribution is -0.137. The van der Waals surface area contributed by atoms with Crippen LogP contribution in [0.4, 0.5) is 42.0 Å². The van der Waals surface area contributed by atoms with Crippen molar-refractivity contribution in [1.29, 1.82) is 0 Å². The summed E-state index contributed by atoms with van der Waals surface area (Å²) in [5.41, 5.74) is 4.23. The van der Waals surface area contributed by atoms with Crippen molar-refractivity contribution in [3.05, 3.63) is 114 Å². The van der Waals surface area contributed by atoms with Gasteiger partial charge in [0.05, 0.1) is 0 Å². The van der Waals surface area contributed by atoms with Crippen molar-refractivity contribution in [1.82, 2.24) is 20.2 Å². The van der Waals surface area contributed by atoms with E-state index < -0.39 is 11.7 Å². The first-order valence-corrected chi connectivity index (χ1v) is 15.7. The maximum absolute atomic E-state index is 13.9. The third kappa shape index (κ3) is 9.10. The van der Waals surface area contributed by atoms with Crippen LogP contribution in [0.5, 0.6) is 0 Å². The molecule has 11 heteroatoms. The van der Waals surface area contributed by atoms with Gasteiger partial charge in [0, 0.05) is 61.4 Å². The number of aromatic nitrogens is 2. The molecule has 1 saturated heterocycles. The summed E-state index contributed by atoms with van der Waals surface area (Å²) < 4.78 is 41.7. The molecule has 1 atom stereocenters. The van der Waals surface area contributed by atoms with Gasteiger partial charge >= 0.3 is 6.18 Å². The van der Waals surface area contributed by atoms with Crippen LogP contribution in [-0.2, 0) is 24.1 Å². The largest absolute Gasteiger partial charge is 0.421 e. The lowest BCUT2D eigenvalue weighted by Crippen LogP contribution is -2.38. The number of nitrogens with zero attached hydrogens (tertiary/aromatic N) is 3. The molecule has 47 heavy (non-hydrogen) atoms. The van der Waals surface area contributed by atoms with Gasteiger partial charge in [0.2, 0.25) is 11.9 Å². The standard InChI is InChI=1S/C36H40F3N7O/c1-4-33(47)46-18-8-11-28(23-46)26-10-7-12-30(19-26)41-20-25-14-16-29(17-15-25)43-35-42-22-31(36(37,38)39)34(45-35)44-32-13-6-5-9-27(32)21-40-24(2)3/h4-7,9-10,12-17,19,22,24,28,40-41H,1,8,11,18,20-21,23H2,2-3H3,(H2,42,43,44,45). The van der Waals surface area contributed by atoms with Gasteiger partial charge in [0.15, 0.2) is 0 Å². The fourth-order valence-electron chi connectivity index (χ4n) is 5.50. The van der Waals surface area contributed by atoms with Gasteiger partial charge in [0.25, 0.3) is 0 Å². The molecule has 8 nitrogen and oxygen atoms in total. The van der Waals surface area contributed by atoms with Crippen molar-refractivity contribution in [3.8, 4) is 0 Å². The Morgan fingerprint density at radius 3 is 2.55 bits per heavy atom. The summed E-state index contributed by atoms with van der Waals surface area (Å²) >= 11 is 0. The van der Waals surface area contributed by atoms with E-state index in [1.165, 1.54) is 11.6 Å². The van der Waals surface area contributed by atoms with Gasteiger partial charge in [0.1, 0.15) is 11.4 Å². The zero-order valence-electron chi connectivity index (χ0n) is 26.6. The van der Waals surface area contributed by atoms with Crippen LogP contribution in [0.2, 0.25) is 0 Å². The van der Waals surface area contributed by atoms with Crippen molar-refractivity contribution < 1.29 is 18.0 Å². The van der Waals surface area contributed by atoms with Crippen LogP contribution in [0, 0.1) is 0 Å². The molecule has 1 fully saturated rings. The van der Waals surface area contributed by atoms with E-state index in [1.54, 1.807) is 12.1 Å². The monoisotopic (exact) mass is 643 g/mol. The molecule has 1 unspecified atom stereocenters. The quantitative estimate of drug-likeness (QED) is 0.116. The Morgan fingerprint density at radius 2 is 1.81 bits per heavy atom. The molecule has 5 rings (SSSR count). The second kappa shape index (κ2) is 15.1. The van der Waals surface area contributed by atoms with Crippen LogP contribution in [-0.4, -0.2) is 39.9 Å². The topological polar surface area (TPSA) is 94.2 Å². The molecule has 2 heterocycles. The van der Waals surface area contributed by atoms with Crippen LogP contribution < -0.4 is 21.3 Å². The third-order valence-corrected chi connectivity index (χ3v) is 8.04. The molecule has 1 aromatic heterocycles. The predicted molar refractivity (Wildman–Crippen MR) is 181 cm³/mol. The Labute approximate surface area is 273 Å². The van der Waals surface area contributed by atoms with E-state index in [4.69, 9.17) is 0 Å². The molecule has 1 amide bonds. The van der Waals surface area contributed by atoms with Gasteiger partial charge < -0.3 is 26.2 Å². The van der Waals surface area contributed by atoms with Gasteiger partial charge in [-0.2, -0.15) is 18.2 Å². The third-order valence-electron chi connectivity index (χ3n) is 8.04. The van der Waals surface area contributed by atoms with Crippen molar-refractivity contribution >= 4 is 34.7 Å². The first-order chi connectivity index (χ1) is 22.6. The second-order valence-corrected chi connectivity index (χ2v) is 11.9. The van der Waals surface area contributed by atoms with Crippen LogP contribution >= 0.6 is 0 Å². The number of anilines is 5. The summed E-state index contributed by atoms with van der Waals surface area (Å²) in [7, 11) is 0. The van der Waals surface area contributed by atoms with Crippen LogP contribution in [0.1, 0.15) is 54.9 Å². The summed E-state index contributed by atoms with van der Waals surface area (Å²) in [4.78, 5) is 22.1. The minimum Gasteiger partial charge on any atom is -0.381 e. The number of benzene rings is 3. The van der Waals surface area contributed by atoms with Crippen LogP contribution in [0.15, 0.2) is 91.6 Å². The van der Waals surface area contributed by atoms with Gasteiger partial charge in [-0.15, -0.1) is 0 Å². The number of carbonyl (C=O) groups is 1. The number of hydrogen-bond donors (Lipinski definition) is 4. The van der Waals surface area contributed by atoms with E-state index >= 15 is 0 Å². The number of rotatable bonds is 12. The molecule has 0 radical (unpaired) electrons. The lowest BCUT2D eigenvalue weighted by Gasteiger charge is -2.32. The maximum atomic E-state index is 13.9. The molecule has 246 valence electrons. The average Bonchev–Trinajstić information content (AvgIpc) is 3.07. The molecule has 0 bridgehead atoms. The summed E-state index contributed by atoms with van der Waals surface area (Å²) in [6.07, 6.45) is -0.479. The Kier molecular flexibility index (Phi) is 10.8. The SMILES string of the molecule is C=CC(=O)N1CCCC(c2cccc(NCc3ccc(Nc4ncc(C(F)(F)F)c(Nc5ccccc5CNC(C)C)n4)cc3)c2)C1. The molecule has 4 N–H and O–H groups in total. The number of para-hydroxylation sites is 1. The van der Waals surface area contributed by atoms with Crippen molar-refractivity contribution in [2.75, 3.05) is 29.0 Å². The molecule has 1 aliphatic rings. The number of likely N-dealkylation sites (tertiary alicyclic amines) is 1. The first kappa shape index (κ1) is 33.5. The fourth-order valence-corrected chi connectivity index (χ4v) is 5.50. The molecular weight excluding hydrogens is 603 g/mol. The normalized spacial score (nSPS) is 14.9. The van der Waals surface area contributed by atoms with E-state index in [1.807, 2.05) is 67.3 Å². The Balaban J connectivity index is 1.24. The molecule has 1 aliphatic heterocycles. The van der Waals surface area contributed by atoms with E-state index in [-0.39, 0.29) is 29.6 Å². The van der Waals surface area contributed by atoms with E-state index in [2.05, 4.69) is 49.9 Å². The lowest BCUT2D eigenvalue weighted by atomic mass is 9.90. The van der Waals surface area contributed by atoms with Crippen molar-refractivity contribution in [3.63, 3.8) is 0 Å². The smallest absolute Gasteiger partial charge is 0.381 e. The number of halogens is 3. The van der Waals surface area contributed by atoms with Gasteiger partial charge in [-0.25, -0.2) is 4.98 Å². The maximum Gasteiger partial charge on any atom is 0.421 e. The summed E-state index contributed by atoms with van der Waals surface area (Å²) in [6.45, 7) is 10.1. The number of amides is 1. The molecule has 3 aromatic carbocycles. The van der Waals surface area contributed by atoms with Gasteiger partial charge in [-0.3, -0.25) is 4.79 Å². The highest BCUT2D eigenvalue weighted by Gasteiger charge is 2.35. The number of alkyl halides is 3. The summed E-state index contributed by atoms with van der Waals surface area (Å²) in [6, 6.07) is 23.2. The predicted octanol–water partition coefficient (Wildman–Crippen LogP) is 7.98. The minimum absolute atomic E-state index is 0.0278. The molecule has 4 aromatic rings. The fraction of sp³-hybridized carbons (Fsp3) is 0.306. The summed E-state index contributed by atoms with van der Waals surface area (Å²) in [5.74, 6) is -0.0418. The highest BCUT2D eigenvalue weighted by molar-refractivity contribution is 5.87. The Hall–Kier alpha value is -4.90. The van der Waals surface area contributed by atoms with E-state index in [0.29, 0.717) is 31.0 Å². The zero-order valence-corrected chi connectivity index (χ0v) is 26.6. The van der Waals surface area contributed by atoms with Gasteiger partial charge in [-0.05, 0) is 65.9 Å².